The molecule has 3 nitrogen and oxygen atoms in total. The maximum atomic E-state index is 9.69. The summed E-state index contributed by atoms with van der Waals surface area (Å²) in [5, 5.41) is 18.8. The molecule has 78 valence electrons. The van der Waals surface area contributed by atoms with Crippen LogP contribution in [0.25, 0.3) is 0 Å². The fourth-order valence-corrected chi connectivity index (χ4v) is 1.58. The van der Waals surface area contributed by atoms with Gasteiger partial charge in [-0.05, 0) is 12.1 Å². The van der Waals surface area contributed by atoms with Crippen molar-refractivity contribution in [2.75, 3.05) is 13.7 Å². The molecule has 1 unspecified atom stereocenters. The van der Waals surface area contributed by atoms with Crippen molar-refractivity contribution in [2.45, 2.75) is 12.5 Å². The average molecular weight is 217 g/mol. The van der Waals surface area contributed by atoms with Crippen LogP contribution in [0.4, 0.5) is 0 Å². The molecule has 0 aliphatic rings. The van der Waals surface area contributed by atoms with Crippen molar-refractivity contribution in [1.82, 2.24) is 0 Å². The normalized spacial score (nSPS) is 12.6. The predicted molar refractivity (Wildman–Crippen MR) is 54.7 cm³/mol. The van der Waals surface area contributed by atoms with Crippen LogP contribution in [0.5, 0.6) is 5.75 Å². The Balaban J connectivity index is 3.03. The van der Waals surface area contributed by atoms with E-state index >= 15 is 0 Å². The molecule has 0 amide bonds. The van der Waals surface area contributed by atoms with Crippen molar-refractivity contribution in [3.8, 4) is 5.75 Å². The van der Waals surface area contributed by atoms with Crippen LogP contribution in [-0.2, 0) is 0 Å². The summed E-state index contributed by atoms with van der Waals surface area (Å²) in [6.07, 6.45) is -0.538. The highest BCUT2D eigenvalue weighted by Crippen LogP contribution is 2.33. The van der Waals surface area contributed by atoms with Crippen molar-refractivity contribution in [1.29, 1.82) is 0 Å². The Morgan fingerprint density at radius 2 is 2.21 bits per heavy atom. The third-order valence-corrected chi connectivity index (χ3v) is 2.30. The fraction of sp³-hybridized carbons (Fsp3) is 0.400. The molecule has 0 spiro atoms. The smallest absolute Gasteiger partial charge is 0.126 e. The predicted octanol–water partition coefficient (Wildman–Crippen LogP) is 1.76. The second-order valence-electron chi connectivity index (χ2n) is 2.88. The van der Waals surface area contributed by atoms with E-state index < -0.39 is 6.10 Å². The maximum absolute atomic E-state index is 9.69. The monoisotopic (exact) mass is 216 g/mol. The van der Waals surface area contributed by atoms with Gasteiger partial charge in [0, 0.05) is 18.6 Å². The third kappa shape index (κ3) is 2.38. The SMILES string of the molecule is COc1cccc(Cl)c1C(O)CCO. The molecule has 14 heavy (non-hydrogen) atoms. The van der Waals surface area contributed by atoms with Crippen LogP contribution in [-0.4, -0.2) is 23.9 Å². The molecule has 0 fully saturated rings. The lowest BCUT2D eigenvalue weighted by Crippen LogP contribution is -2.03. The number of rotatable bonds is 4. The molecule has 4 heteroatoms. The summed E-state index contributed by atoms with van der Waals surface area (Å²) in [7, 11) is 1.51. The second kappa shape index (κ2) is 5.20. The van der Waals surface area contributed by atoms with Crippen molar-refractivity contribution < 1.29 is 14.9 Å². The van der Waals surface area contributed by atoms with Gasteiger partial charge < -0.3 is 14.9 Å². The molecule has 0 aliphatic heterocycles. The zero-order valence-corrected chi connectivity index (χ0v) is 8.66. The molecule has 2 N–H and O–H groups in total. The van der Waals surface area contributed by atoms with E-state index in [-0.39, 0.29) is 13.0 Å². The zero-order valence-electron chi connectivity index (χ0n) is 7.90. The van der Waals surface area contributed by atoms with Gasteiger partial charge in [0.25, 0.3) is 0 Å². The quantitative estimate of drug-likeness (QED) is 0.807. The van der Waals surface area contributed by atoms with Crippen molar-refractivity contribution in [3.63, 3.8) is 0 Å². The summed E-state index contributed by atoms with van der Waals surface area (Å²) >= 11 is 5.92. The molecule has 0 saturated heterocycles. The molecule has 1 aromatic carbocycles. The van der Waals surface area contributed by atoms with E-state index in [4.69, 9.17) is 21.4 Å². The Labute approximate surface area is 87.9 Å². The van der Waals surface area contributed by atoms with E-state index in [1.807, 2.05) is 0 Å². The molecular formula is C10H13ClO3. The molecule has 0 heterocycles. The first-order chi connectivity index (χ1) is 6.70. The van der Waals surface area contributed by atoms with E-state index in [9.17, 15) is 5.11 Å². The Kier molecular flexibility index (Phi) is 4.20. The number of halogens is 1. The second-order valence-corrected chi connectivity index (χ2v) is 3.29. The minimum absolute atomic E-state index is 0.0878. The van der Waals surface area contributed by atoms with E-state index in [1.54, 1.807) is 18.2 Å². The van der Waals surface area contributed by atoms with Gasteiger partial charge in [0.2, 0.25) is 0 Å². The maximum Gasteiger partial charge on any atom is 0.126 e. The highest BCUT2D eigenvalue weighted by Gasteiger charge is 2.15. The lowest BCUT2D eigenvalue weighted by molar-refractivity contribution is 0.131. The number of benzene rings is 1. The molecule has 0 bridgehead atoms. The van der Waals surface area contributed by atoms with Crippen LogP contribution in [0.2, 0.25) is 5.02 Å². The minimum Gasteiger partial charge on any atom is -0.496 e. The van der Waals surface area contributed by atoms with Gasteiger partial charge in [-0.1, -0.05) is 17.7 Å². The number of hydrogen-bond acceptors (Lipinski definition) is 3. The summed E-state index contributed by atoms with van der Waals surface area (Å²) in [5.74, 6) is 0.540. The number of methoxy groups -OCH3 is 1. The van der Waals surface area contributed by atoms with Crippen LogP contribution < -0.4 is 4.74 Å². The molecule has 0 aliphatic carbocycles. The van der Waals surface area contributed by atoms with E-state index in [0.717, 1.165) is 0 Å². The lowest BCUT2D eigenvalue weighted by Gasteiger charge is -2.15. The van der Waals surface area contributed by atoms with Gasteiger partial charge >= 0.3 is 0 Å². The van der Waals surface area contributed by atoms with E-state index in [1.165, 1.54) is 7.11 Å². The molecule has 1 aromatic rings. The van der Waals surface area contributed by atoms with Gasteiger partial charge in [-0.2, -0.15) is 0 Å². The highest BCUT2D eigenvalue weighted by atomic mass is 35.5. The molecular weight excluding hydrogens is 204 g/mol. The van der Waals surface area contributed by atoms with Crippen LogP contribution in [0.3, 0.4) is 0 Å². The number of hydrogen-bond donors (Lipinski definition) is 2. The number of ether oxygens (including phenoxy) is 1. The van der Waals surface area contributed by atoms with Crippen LogP contribution in [0.15, 0.2) is 18.2 Å². The summed E-state index contributed by atoms with van der Waals surface area (Å²) < 4.78 is 5.07. The molecule has 0 aromatic heterocycles. The first-order valence-corrected chi connectivity index (χ1v) is 4.69. The summed E-state index contributed by atoms with van der Waals surface area (Å²) in [6, 6.07) is 5.15. The van der Waals surface area contributed by atoms with Crippen LogP contribution >= 0.6 is 11.6 Å². The van der Waals surface area contributed by atoms with E-state index in [0.29, 0.717) is 16.3 Å². The van der Waals surface area contributed by atoms with Gasteiger partial charge in [0.05, 0.1) is 18.2 Å². The summed E-state index contributed by atoms with van der Waals surface area (Å²) in [4.78, 5) is 0. The highest BCUT2D eigenvalue weighted by molar-refractivity contribution is 6.31. The van der Waals surface area contributed by atoms with Crippen LogP contribution in [0.1, 0.15) is 18.1 Å². The van der Waals surface area contributed by atoms with Crippen molar-refractivity contribution >= 4 is 11.6 Å². The Bertz CT molecular complexity index is 301. The van der Waals surface area contributed by atoms with E-state index in [2.05, 4.69) is 0 Å². The van der Waals surface area contributed by atoms with Gasteiger partial charge in [0.1, 0.15) is 5.75 Å². The summed E-state index contributed by atoms with van der Waals surface area (Å²) in [6.45, 7) is -0.0878. The van der Waals surface area contributed by atoms with Gasteiger partial charge in [0.15, 0.2) is 0 Å². The van der Waals surface area contributed by atoms with Gasteiger partial charge in [-0.15, -0.1) is 0 Å². The number of aliphatic hydroxyl groups is 2. The van der Waals surface area contributed by atoms with Gasteiger partial charge in [-0.25, -0.2) is 0 Å². The third-order valence-electron chi connectivity index (χ3n) is 1.97. The zero-order chi connectivity index (χ0) is 10.6. The van der Waals surface area contributed by atoms with Crippen molar-refractivity contribution in [2.24, 2.45) is 0 Å². The topological polar surface area (TPSA) is 49.7 Å². The largest absolute Gasteiger partial charge is 0.496 e. The first-order valence-electron chi connectivity index (χ1n) is 4.32. The fourth-order valence-electron chi connectivity index (χ4n) is 1.29. The van der Waals surface area contributed by atoms with Crippen molar-refractivity contribution in [3.05, 3.63) is 28.8 Å². The molecule has 0 saturated carbocycles. The average Bonchev–Trinajstić information content (AvgIpc) is 2.17. The molecule has 0 radical (unpaired) electrons. The Morgan fingerprint density at radius 3 is 2.79 bits per heavy atom. The first kappa shape index (κ1) is 11.3. The van der Waals surface area contributed by atoms with Crippen LogP contribution in [0, 0.1) is 0 Å². The molecule has 1 rings (SSSR count). The number of aliphatic hydroxyl groups excluding tert-OH is 2. The molecule has 1 atom stereocenters. The Hall–Kier alpha value is -0.770. The minimum atomic E-state index is -0.788. The van der Waals surface area contributed by atoms with Gasteiger partial charge in [-0.3, -0.25) is 0 Å². The Morgan fingerprint density at radius 1 is 1.50 bits per heavy atom. The lowest BCUT2D eigenvalue weighted by atomic mass is 10.1. The standard InChI is InChI=1S/C10H13ClO3/c1-14-9-4-2-3-7(11)10(9)8(13)5-6-12/h2-4,8,12-13H,5-6H2,1H3. The summed E-state index contributed by atoms with van der Waals surface area (Å²) in [5.41, 5.74) is 0.533.